The maximum absolute atomic E-state index is 12.4. The molecular weight excluding hydrogens is 348 g/mol. The van der Waals surface area contributed by atoms with Crippen LogP contribution < -0.4 is 5.32 Å². The van der Waals surface area contributed by atoms with Crippen LogP contribution in [0, 0.1) is 0 Å². The second kappa shape index (κ2) is 9.40. The Morgan fingerprint density at radius 3 is 2.38 bits per heavy atom. The van der Waals surface area contributed by atoms with Gasteiger partial charge in [0.1, 0.15) is 0 Å². The van der Waals surface area contributed by atoms with E-state index in [1.165, 1.54) is 0 Å². The SMILES string of the molecule is O=C(CSCc1ccc(C(=O)N2CCOCC2)cc1)Nc1ccccc1. The van der Waals surface area contributed by atoms with Gasteiger partial charge in [-0.25, -0.2) is 0 Å². The van der Waals surface area contributed by atoms with Gasteiger partial charge in [0.15, 0.2) is 0 Å². The molecule has 1 heterocycles. The Bertz CT molecular complexity index is 728. The highest BCUT2D eigenvalue weighted by Gasteiger charge is 2.18. The number of benzene rings is 2. The third kappa shape index (κ3) is 5.34. The lowest BCUT2D eigenvalue weighted by Crippen LogP contribution is -2.40. The molecule has 2 aromatic rings. The number of ether oxygens (including phenoxy) is 1. The van der Waals surface area contributed by atoms with E-state index in [2.05, 4.69) is 5.32 Å². The van der Waals surface area contributed by atoms with Crippen LogP contribution in [0.2, 0.25) is 0 Å². The lowest BCUT2D eigenvalue weighted by molar-refractivity contribution is -0.113. The second-order valence-corrected chi connectivity index (χ2v) is 6.99. The summed E-state index contributed by atoms with van der Waals surface area (Å²) in [6.45, 7) is 2.50. The van der Waals surface area contributed by atoms with Crippen molar-refractivity contribution in [3.05, 3.63) is 65.7 Å². The number of hydrogen-bond donors (Lipinski definition) is 1. The minimum Gasteiger partial charge on any atom is -0.378 e. The van der Waals surface area contributed by atoms with Crippen LogP contribution in [0.3, 0.4) is 0 Å². The van der Waals surface area contributed by atoms with Crippen molar-refractivity contribution in [1.29, 1.82) is 0 Å². The molecule has 5 nitrogen and oxygen atoms in total. The topological polar surface area (TPSA) is 58.6 Å². The molecule has 2 aromatic carbocycles. The zero-order valence-corrected chi connectivity index (χ0v) is 15.3. The van der Waals surface area contributed by atoms with E-state index in [0.29, 0.717) is 37.6 Å². The number of para-hydroxylation sites is 1. The lowest BCUT2D eigenvalue weighted by Gasteiger charge is -2.26. The van der Waals surface area contributed by atoms with E-state index in [-0.39, 0.29) is 11.8 Å². The van der Waals surface area contributed by atoms with Gasteiger partial charge in [-0.05, 0) is 29.8 Å². The van der Waals surface area contributed by atoms with Crippen molar-refractivity contribution in [2.45, 2.75) is 5.75 Å². The molecule has 0 saturated carbocycles. The zero-order chi connectivity index (χ0) is 18.2. The fourth-order valence-corrected chi connectivity index (χ4v) is 3.46. The molecule has 136 valence electrons. The number of amides is 2. The van der Waals surface area contributed by atoms with Crippen molar-refractivity contribution < 1.29 is 14.3 Å². The largest absolute Gasteiger partial charge is 0.378 e. The van der Waals surface area contributed by atoms with Gasteiger partial charge in [-0.1, -0.05) is 30.3 Å². The van der Waals surface area contributed by atoms with Crippen LogP contribution >= 0.6 is 11.8 Å². The third-order valence-electron chi connectivity index (χ3n) is 4.06. The Morgan fingerprint density at radius 2 is 1.69 bits per heavy atom. The summed E-state index contributed by atoms with van der Waals surface area (Å²) in [5, 5.41) is 2.87. The average molecular weight is 370 g/mol. The molecule has 26 heavy (non-hydrogen) atoms. The molecule has 2 amide bonds. The molecule has 0 spiro atoms. The molecule has 0 bridgehead atoms. The Balaban J connectivity index is 1.44. The summed E-state index contributed by atoms with van der Waals surface area (Å²) in [5.41, 5.74) is 2.60. The first kappa shape index (κ1) is 18.5. The number of carbonyl (C=O) groups excluding carboxylic acids is 2. The van der Waals surface area contributed by atoms with Crippen LogP contribution in [0.4, 0.5) is 5.69 Å². The van der Waals surface area contributed by atoms with Gasteiger partial charge in [-0.3, -0.25) is 9.59 Å². The highest BCUT2D eigenvalue weighted by Crippen LogP contribution is 2.15. The van der Waals surface area contributed by atoms with Crippen LogP contribution in [-0.2, 0) is 15.3 Å². The van der Waals surface area contributed by atoms with E-state index in [4.69, 9.17) is 4.74 Å². The molecule has 0 aromatic heterocycles. The smallest absolute Gasteiger partial charge is 0.254 e. The van der Waals surface area contributed by atoms with Crippen molar-refractivity contribution in [3.8, 4) is 0 Å². The minimum absolute atomic E-state index is 0.0136. The molecule has 0 aliphatic carbocycles. The number of carbonyl (C=O) groups is 2. The molecule has 1 saturated heterocycles. The summed E-state index contributed by atoms with van der Waals surface area (Å²) in [7, 11) is 0. The van der Waals surface area contributed by atoms with Crippen LogP contribution in [0.5, 0.6) is 0 Å². The van der Waals surface area contributed by atoms with E-state index < -0.39 is 0 Å². The summed E-state index contributed by atoms with van der Waals surface area (Å²) in [4.78, 5) is 26.1. The highest BCUT2D eigenvalue weighted by atomic mass is 32.2. The van der Waals surface area contributed by atoms with E-state index in [1.54, 1.807) is 11.8 Å². The zero-order valence-electron chi connectivity index (χ0n) is 14.5. The first-order valence-corrected chi connectivity index (χ1v) is 9.76. The van der Waals surface area contributed by atoms with Crippen molar-refractivity contribution in [2.24, 2.45) is 0 Å². The van der Waals surface area contributed by atoms with Crippen LogP contribution in [0.15, 0.2) is 54.6 Å². The third-order valence-corrected chi connectivity index (χ3v) is 5.06. The fraction of sp³-hybridized carbons (Fsp3) is 0.300. The standard InChI is InChI=1S/C20H22N2O3S/c23-19(21-18-4-2-1-3-5-18)15-26-14-16-6-8-17(9-7-16)20(24)22-10-12-25-13-11-22/h1-9H,10-15H2,(H,21,23). The van der Waals surface area contributed by atoms with E-state index in [0.717, 1.165) is 17.0 Å². The Morgan fingerprint density at radius 1 is 1.00 bits per heavy atom. The average Bonchev–Trinajstić information content (AvgIpc) is 2.69. The van der Waals surface area contributed by atoms with Gasteiger partial charge in [0.25, 0.3) is 5.91 Å². The van der Waals surface area contributed by atoms with Gasteiger partial charge < -0.3 is 15.0 Å². The molecule has 1 N–H and O–H groups in total. The summed E-state index contributed by atoms with van der Waals surface area (Å²) < 4.78 is 5.28. The molecule has 3 rings (SSSR count). The quantitative estimate of drug-likeness (QED) is 0.849. The molecule has 0 atom stereocenters. The van der Waals surface area contributed by atoms with Crippen molar-refractivity contribution >= 4 is 29.3 Å². The summed E-state index contributed by atoms with van der Waals surface area (Å²) in [6.07, 6.45) is 0. The van der Waals surface area contributed by atoms with Crippen LogP contribution in [0.25, 0.3) is 0 Å². The molecule has 1 aliphatic heterocycles. The minimum atomic E-state index is -0.0136. The van der Waals surface area contributed by atoms with Gasteiger partial charge in [0.2, 0.25) is 5.91 Å². The predicted molar refractivity (Wildman–Crippen MR) is 104 cm³/mol. The monoisotopic (exact) mass is 370 g/mol. The predicted octanol–water partition coefficient (Wildman–Crippen LogP) is 3.03. The number of nitrogens with zero attached hydrogens (tertiary/aromatic N) is 1. The maximum atomic E-state index is 12.4. The first-order valence-electron chi connectivity index (χ1n) is 8.61. The van der Waals surface area contributed by atoms with Crippen molar-refractivity contribution in [2.75, 3.05) is 37.4 Å². The van der Waals surface area contributed by atoms with Gasteiger partial charge in [-0.2, -0.15) is 0 Å². The highest BCUT2D eigenvalue weighted by molar-refractivity contribution is 7.99. The number of hydrogen-bond acceptors (Lipinski definition) is 4. The number of anilines is 1. The van der Waals surface area contributed by atoms with Gasteiger partial charge in [-0.15, -0.1) is 11.8 Å². The van der Waals surface area contributed by atoms with E-state index in [1.807, 2.05) is 59.5 Å². The lowest BCUT2D eigenvalue weighted by atomic mass is 10.1. The summed E-state index contributed by atoms with van der Waals surface area (Å²) >= 11 is 1.55. The van der Waals surface area contributed by atoms with Crippen LogP contribution in [0.1, 0.15) is 15.9 Å². The van der Waals surface area contributed by atoms with E-state index in [9.17, 15) is 9.59 Å². The van der Waals surface area contributed by atoms with Gasteiger partial charge in [0, 0.05) is 30.1 Å². The second-order valence-electron chi connectivity index (χ2n) is 6.01. The molecular formula is C20H22N2O3S. The number of thioether (sulfide) groups is 1. The number of morpholine rings is 1. The molecule has 0 unspecified atom stereocenters. The van der Waals surface area contributed by atoms with Crippen molar-refractivity contribution in [3.63, 3.8) is 0 Å². The van der Waals surface area contributed by atoms with Gasteiger partial charge >= 0.3 is 0 Å². The molecule has 0 radical (unpaired) electrons. The summed E-state index contributed by atoms with van der Waals surface area (Å²) in [6, 6.07) is 17.1. The fourth-order valence-electron chi connectivity index (χ4n) is 2.67. The summed E-state index contributed by atoms with van der Waals surface area (Å²) in [5.74, 6) is 1.16. The first-order chi connectivity index (χ1) is 12.7. The molecule has 1 fully saturated rings. The van der Waals surface area contributed by atoms with Crippen LogP contribution in [-0.4, -0.2) is 48.8 Å². The molecule has 1 aliphatic rings. The van der Waals surface area contributed by atoms with E-state index >= 15 is 0 Å². The number of rotatable bonds is 6. The Kier molecular flexibility index (Phi) is 6.68. The Labute approximate surface area is 157 Å². The maximum Gasteiger partial charge on any atom is 0.254 e. The Hall–Kier alpha value is -2.31. The molecule has 6 heteroatoms. The van der Waals surface area contributed by atoms with Gasteiger partial charge in [0.05, 0.1) is 19.0 Å². The normalized spacial score (nSPS) is 14.1. The van der Waals surface area contributed by atoms with Crippen molar-refractivity contribution in [1.82, 2.24) is 4.90 Å². The number of nitrogens with one attached hydrogen (secondary N) is 1.